The van der Waals surface area contributed by atoms with Crippen LogP contribution < -0.4 is 14.7 Å². The number of rotatable bonds is 3. The molecule has 0 N–H and O–H groups in total. The van der Waals surface area contributed by atoms with Gasteiger partial charge in [-0.3, -0.25) is 0 Å². The van der Waals surface area contributed by atoms with E-state index in [4.69, 9.17) is 9.72 Å². The second-order valence-electron chi connectivity index (χ2n) is 7.40. The van der Waals surface area contributed by atoms with Crippen LogP contribution in [0.5, 0.6) is 0 Å². The third kappa shape index (κ3) is 4.55. The number of alkyl halides is 3. The van der Waals surface area contributed by atoms with Crippen molar-refractivity contribution >= 4 is 17.6 Å². The van der Waals surface area contributed by atoms with Crippen molar-refractivity contribution in [1.82, 2.24) is 19.9 Å². The van der Waals surface area contributed by atoms with Crippen LogP contribution in [0.4, 0.5) is 30.8 Å². The van der Waals surface area contributed by atoms with Crippen LogP contribution in [-0.2, 0) is 10.9 Å². The Bertz CT molecular complexity index is 894. The fraction of sp³-hybridized carbons (Fsp3) is 0.579. The molecule has 0 radical (unpaired) electrons. The van der Waals surface area contributed by atoms with Gasteiger partial charge in [0.1, 0.15) is 23.2 Å². The highest BCUT2D eigenvalue weighted by Gasteiger charge is 2.34. The molecule has 4 rings (SSSR count). The Morgan fingerprint density at radius 1 is 0.767 bits per heavy atom. The van der Waals surface area contributed by atoms with Crippen LogP contribution in [0.15, 0.2) is 12.1 Å². The highest BCUT2D eigenvalue weighted by Crippen LogP contribution is 2.30. The maximum atomic E-state index is 13.1. The molecule has 30 heavy (non-hydrogen) atoms. The van der Waals surface area contributed by atoms with Gasteiger partial charge < -0.3 is 19.4 Å². The molecule has 2 aromatic heterocycles. The minimum absolute atomic E-state index is 0.115. The van der Waals surface area contributed by atoms with E-state index in [1.54, 1.807) is 0 Å². The summed E-state index contributed by atoms with van der Waals surface area (Å²) >= 11 is 0. The standard InChI is InChI=1S/C19H24F3N7O/c1-13-11-16(26-18(23-13)29-7-9-30-10-8-29)27-3-5-28(6-4-27)17-12-15(19(20,21)22)24-14(2)25-17/h11-12H,3-10H2,1-2H3. The third-order valence-electron chi connectivity index (χ3n) is 5.17. The summed E-state index contributed by atoms with van der Waals surface area (Å²) in [6.45, 7) is 8.59. The van der Waals surface area contributed by atoms with Crippen LogP contribution in [0.3, 0.4) is 0 Å². The summed E-state index contributed by atoms with van der Waals surface area (Å²) < 4.78 is 44.6. The molecule has 0 spiro atoms. The molecule has 0 unspecified atom stereocenters. The second-order valence-corrected chi connectivity index (χ2v) is 7.40. The van der Waals surface area contributed by atoms with Gasteiger partial charge in [-0.05, 0) is 13.8 Å². The summed E-state index contributed by atoms with van der Waals surface area (Å²) in [7, 11) is 0. The van der Waals surface area contributed by atoms with E-state index in [0.717, 1.165) is 30.7 Å². The smallest absolute Gasteiger partial charge is 0.378 e. The van der Waals surface area contributed by atoms with E-state index in [9.17, 15) is 13.2 Å². The molecule has 11 heteroatoms. The van der Waals surface area contributed by atoms with Gasteiger partial charge >= 0.3 is 6.18 Å². The molecular weight excluding hydrogens is 399 g/mol. The molecule has 2 aliphatic rings. The fourth-order valence-corrected chi connectivity index (χ4v) is 3.63. The maximum Gasteiger partial charge on any atom is 0.433 e. The average Bonchev–Trinajstić information content (AvgIpc) is 2.73. The van der Waals surface area contributed by atoms with Gasteiger partial charge in [0, 0.05) is 57.1 Å². The lowest BCUT2D eigenvalue weighted by Crippen LogP contribution is -2.47. The Balaban J connectivity index is 1.47. The van der Waals surface area contributed by atoms with Crippen LogP contribution in [0.25, 0.3) is 0 Å². The maximum absolute atomic E-state index is 13.1. The second kappa shape index (κ2) is 8.21. The van der Waals surface area contributed by atoms with E-state index < -0.39 is 11.9 Å². The average molecular weight is 423 g/mol. The first-order valence-corrected chi connectivity index (χ1v) is 9.91. The van der Waals surface area contributed by atoms with Crippen molar-refractivity contribution < 1.29 is 17.9 Å². The van der Waals surface area contributed by atoms with Crippen molar-refractivity contribution in [2.24, 2.45) is 0 Å². The number of aryl methyl sites for hydroxylation is 2. The van der Waals surface area contributed by atoms with Gasteiger partial charge in [-0.1, -0.05) is 0 Å². The first kappa shape index (κ1) is 20.6. The van der Waals surface area contributed by atoms with Crippen molar-refractivity contribution in [2.45, 2.75) is 20.0 Å². The number of anilines is 3. The van der Waals surface area contributed by atoms with Gasteiger partial charge in [0.05, 0.1) is 13.2 Å². The minimum atomic E-state index is -4.49. The first-order valence-electron chi connectivity index (χ1n) is 9.91. The van der Waals surface area contributed by atoms with Crippen LogP contribution in [-0.4, -0.2) is 72.4 Å². The van der Waals surface area contributed by atoms with Gasteiger partial charge in [-0.15, -0.1) is 0 Å². The zero-order chi connectivity index (χ0) is 21.3. The molecule has 0 amide bonds. The number of hydrogen-bond acceptors (Lipinski definition) is 8. The monoisotopic (exact) mass is 423 g/mol. The molecule has 2 fully saturated rings. The summed E-state index contributed by atoms with van der Waals surface area (Å²) in [6.07, 6.45) is -4.49. The summed E-state index contributed by atoms with van der Waals surface area (Å²) in [6, 6.07) is 2.96. The molecular formula is C19H24F3N7O. The van der Waals surface area contributed by atoms with E-state index in [1.165, 1.54) is 6.92 Å². The predicted molar refractivity (Wildman–Crippen MR) is 106 cm³/mol. The van der Waals surface area contributed by atoms with Gasteiger partial charge in [0.2, 0.25) is 5.95 Å². The molecule has 0 aromatic carbocycles. The molecule has 0 bridgehead atoms. The number of morpholine rings is 1. The Morgan fingerprint density at radius 2 is 1.37 bits per heavy atom. The van der Waals surface area contributed by atoms with E-state index in [0.29, 0.717) is 51.2 Å². The van der Waals surface area contributed by atoms with Crippen LogP contribution in [0.2, 0.25) is 0 Å². The quantitative estimate of drug-likeness (QED) is 0.743. The Labute approximate surface area is 172 Å². The number of nitrogens with zero attached hydrogens (tertiary/aromatic N) is 7. The molecule has 0 aliphatic carbocycles. The summed E-state index contributed by atoms with van der Waals surface area (Å²) in [5, 5.41) is 0. The molecule has 2 aromatic rings. The molecule has 0 saturated carbocycles. The molecule has 162 valence electrons. The zero-order valence-corrected chi connectivity index (χ0v) is 17.0. The molecule has 0 atom stereocenters. The summed E-state index contributed by atoms with van der Waals surface area (Å²) in [4.78, 5) is 23.1. The number of piperazine rings is 1. The van der Waals surface area contributed by atoms with Gasteiger partial charge in [0.25, 0.3) is 0 Å². The fourth-order valence-electron chi connectivity index (χ4n) is 3.63. The van der Waals surface area contributed by atoms with Crippen molar-refractivity contribution in [3.8, 4) is 0 Å². The lowest BCUT2D eigenvalue weighted by Gasteiger charge is -2.36. The van der Waals surface area contributed by atoms with E-state index in [2.05, 4.69) is 24.8 Å². The third-order valence-corrected chi connectivity index (χ3v) is 5.17. The van der Waals surface area contributed by atoms with Gasteiger partial charge in [0.15, 0.2) is 0 Å². The Morgan fingerprint density at radius 3 is 1.97 bits per heavy atom. The van der Waals surface area contributed by atoms with Crippen molar-refractivity contribution in [2.75, 3.05) is 67.2 Å². The highest BCUT2D eigenvalue weighted by atomic mass is 19.4. The summed E-state index contributed by atoms with van der Waals surface area (Å²) in [5.74, 6) is 1.95. The molecule has 4 heterocycles. The lowest BCUT2D eigenvalue weighted by atomic mass is 10.2. The number of ether oxygens (including phenoxy) is 1. The number of hydrogen-bond donors (Lipinski definition) is 0. The Hall–Kier alpha value is -2.69. The zero-order valence-electron chi connectivity index (χ0n) is 17.0. The van der Waals surface area contributed by atoms with Gasteiger partial charge in [-0.25, -0.2) is 15.0 Å². The normalized spacial score (nSPS) is 18.1. The van der Waals surface area contributed by atoms with Gasteiger partial charge in [-0.2, -0.15) is 18.2 Å². The largest absolute Gasteiger partial charge is 0.433 e. The van der Waals surface area contributed by atoms with E-state index >= 15 is 0 Å². The lowest BCUT2D eigenvalue weighted by molar-refractivity contribution is -0.141. The van der Waals surface area contributed by atoms with Crippen LogP contribution in [0, 0.1) is 13.8 Å². The summed E-state index contributed by atoms with van der Waals surface area (Å²) in [5.41, 5.74) is -0.0285. The number of halogens is 3. The SMILES string of the molecule is Cc1cc(N2CCN(c3cc(C(F)(F)F)nc(C)n3)CC2)nc(N2CCOCC2)n1. The van der Waals surface area contributed by atoms with Crippen LogP contribution >= 0.6 is 0 Å². The topological polar surface area (TPSA) is 70.5 Å². The minimum Gasteiger partial charge on any atom is -0.378 e. The molecule has 2 saturated heterocycles. The van der Waals surface area contributed by atoms with Crippen molar-refractivity contribution in [1.29, 1.82) is 0 Å². The number of aromatic nitrogens is 4. The van der Waals surface area contributed by atoms with Crippen molar-refractivity contribution in [3.63, 3.8) is 0 Å². The Kier molecular flexibility index (Phi) is 5.63. The first-order chi connectivity index (χ1) is 14.3. The van der Waals surface area contributed by atoms with Crippen LogP contribution in [0.1, 0.15) is 17.2 Å². The molecule has 8 nitrogen and oxygen atoms in total. The highest BCUT2D eigenvalue weighted by molar-refractivity contribution is 5.49. The molecule has 2 aliphatic heterocycles. The van der Waals surface area contributed by atoms with Crippen molar-refractivity contribution in [3.05, 3.63) is 29.3 Å². The van der Waals surface area contributed by atoms with E-state index in [-0.39, 0.29) is 5.82 Å². The predicted octanol–water partition coefficient (Wildman–Crippen LogP) is 2.07. The van der Waals surface area contributed by atoms with E-state index in [1.807, 2.05) is 17.9 Å².